The van der Waals surface area contributed by atoms with Gasteiger partial charge in [-0.1, -0.05) is 0 Å². The lowest BCUT2D eigenvalue weighted by atomic mass is 10.0. The van der Waals surface area contributed by atoms with Crippen molar-refractivity contribution in [3.63, 3.8) is 0 Å². The maximum atomic E-state index is 12.4. The molecule has 19 nitrogen and oxygen atoms in total. The number of aliphatic carboxylic acids is 2. The molecule has 0 saturated carbocycles. The summed E-state index contributed by atoms with van der Waals surface area (Å²) >= 11 is 0. The zero-order chi connectivity index (χ0) is 37.6. The Labute approximate surface area is 264 Å². The van der Waals surface area contributed by atoms with Gasteiger partial charge in [0.2, 0.25) is 5.91 Å². The quantitative estimate of drug-likeness (QED) is 0.0416. The lowest BCUT2D eigenvalue weighted by Gasteiger charge is -2.25. The molecular weight excluding hydrogens is 684 g/mol. The topological polar surface area (TPSA) is 318 Å². The third-order valence-corrected chi connectivity index (χ3v) is 5.75. The standard InChI is InChI=1S/C23H31F6N5O14/c24-22(25,26)20(47)33-8(6-11(36)37)10(35)2-1-3-30-18(45)15(42)13(40)14(41)16(43)19(46)32-5-4-31-17(44)9(7-12(38)39)34-21(48)23(27,28)29/h8-9,13-16,40-43H,1-7H2,(H,30,45)(H,31,44)(H,32,46)(H,33,47)(H,34,48)(H,36,37)(H,38,39)/t8?,9?,13-,14+,15+,16-/m0/s1. The average Bonchev–Trinajstić information content (AvgIpc) is 2.97. The van der Waals surface area contributed by atoms with Crippen molar-refractivity contribution >= 4 is 47.3 Å². The molecule has 0 bridgehead atoms. The van der Waals surface area contributed by atoms with Gasteiger partial charge in [-0.2, -0.15) is 26.3 Å². The third kappa shape index (κ3) is 15.8. The van der Waals surface area contributed by atoms with Crippen molar-refractivity contribution in [2.75, 3.05) is 19.6 Å². The number of carbonyl (C=O) groups is 8. The first kappa shape index (κ1) is 43.4. The summed E-state index contributed by atoms with van der Waals surface area (Å²) in [5.41, 5.74) is 0. The molecule has 0 rings (SSSR count). The molecule has 0 aliphatic carbocycles. The molecule has 0 spiro atoms. The molecule has 48 heavy (non-hydrogen) atoms. The van der Waals surface area contributed by atoms with Gasteiger partial charge in [0.15, 0.2) is 18.0 Å². The molecule has 2 unspecified atom stereocenters. The van der Waals surface area contributed by atoms with Gasteiger partial charge in [-0.3, -0.25) is 38.4 Å². The van der Waals surface area contributed by atoms with Crippen molar-refractivity contribution in [3.8, 4) is 0 Å². The van der Waals surface area contributed by atoms with E-state index in [1.165, 1.54) is 5.32 Å². The minimum absolute atomic E-state index is 0.388. The summed E-state index contributed by atoms with van der Waals surface area (Å²) < 4.78 is 74.5. The van der Waals surface area contributed by atoms with Crippen LogP contribution in [0.3, 0.4) is 0 Å². The van der Waals surface area contributed by atoms with Gasteiger partial charge < -0.3 is 57.2 Å². The molecule has 0 aliphatic rings. The van der Waals surface area contributed by atoms with Crippen molar-refractivity contribution in [1.82, 2.24) is 26.6 Å². The molecule has 0 radical (unpaired) electrons. The highest BCUT2D eigenvalue weighted by Gasteiger charge is 2.42. The first-order valence-electron chi connectivity index (χ1n) is 13.2. The van der Waals surface area contributed by atoms with Crippen LogP contribution in [0.15, 0.2) is 0 Å². The highest BCUT2D eigenvalue weighted by molar-refractivity contribution is 5.94. The van der Waals surface area contributed by atoms with Crippen molar-refractivity contribution < 1.29 is 95.3 Å². The number of amides is 5. The van der Waals surface area contributed by atoms with E-state index < -0.39 is 135 Å². The van der Waals surface area contributed by atoms with Crippen LogP contribution in [0.25, 0.3) is 0 Å². The van der Waals surface area contributed by atoms with Gasteiger partial charge in [0.1, 0.15) is 18.2 Å². The Morgan fingerprint density at radius 1 is 0.542 bits per heavy atom. The number of halogens is 6. The molecule has 274 valence electrons. The molecule has 0 aromatic heterocycles. The highest BCUT2D eigenvalue weighted by Crippen LogP contribution is 2.16. The molecule has 0 heterocycles. The van der Waals surface area contributed by atoms with Crippen LogP contribution in [0.1, 0.15) is 25.7 Å². The van der Waals surface area contributed by atoms with Crippen LogP contribution in [0, 0.1) is 0 Å². The third-order valence-electron chi connectivity index (χ3n) is 5.75. The van der Waals surface area contributed by atoms with E-state index in [0.29, 0.717) is 0 Å². The Bertz CT molecular complexity index is 1110. The lowest BCUT2D eigenvalue weighted by Crippen LogP contribution is -2.55. The van der Waals surface area contributed by atoms with Gasteiger partial charge in [-0.25, -0.2) is 0 Å². The van der Waals surface area contributed by atoms with Gasteiger partial charge in [-0.15, -0.1) is 0 Å². The Kier molecular flexibility index (Phi) is 17.4. The van der Waals surface area contributed by atoms with E-state index in [0.717, 1.165) is 5.32 Å². The zero-order valence-electron chi connectivity index (χ0n) is 24.1. The first-order chi connectivity index (χ1) is 21.9. The molecule has 0 aromatic carbocycles. The molecular formula is C23H31F6N5O14. The fraction of sp³-hybridized carbons (Fsp3) is 0.652. The maximum Gasteiger partial charge on any atom is 0.471 e. The number of carboxylic acids is 2. The van der Waals surface area contributed by atoms with E-state index in [2.05, 4.69) is 0 Å². The molecule has 5 amide bonds. The van der Waals surface area contributed by atoms with Gasteiger partial charge >= 0.3 is 36.1 Å². The Morgan fingerprint density at radius 2 is 0.896 bits per heavy atom. The number of hydrogen-bond acceptors (Lipinski definition) is 12. The largest absolute Gasteiger partial charge is 0.481 e. The fourth-order valence-electron chi connectivity index (χ4n) is 3.32. The molecule has 0 fully saturated rings. The maximum absolute atomic E-state index is 12.4. The Morgan fingerprint density at radius 3 is 1.29 bits per heavy atom. The smallest absolute Gasteiger partial charge is 0.471 e. The van der Waals surface area contributed by atoms with E-state index in [9.17, 15) is 85.1 Å². The number of alkyl halides is 6. The van der Waals surface area contributed by atoms with Crippen molar-refractivity contribution in [2.45, 2.75) is 74.5 Å². The van der Waals surface area contributed by atoms with Crippen LogP contribution in [-0.2, 0) is 38.4 Å². The first-order valence-corrected chi connectivity index (χ1v) is 13.2. The second kappa shape index (κ2) is 19.3. The van der Waals surface area contributed by atoms with E-state index in [1.54, 1.807) is 0 Å². The minimum Gasteiger partial charge on any atom is -0.481 e. The van der Waals surface area contributed by atoms with Crippen LogP contribution in [-0.4, -0.2) is 146 Å². The number of nitrogens with one attached hydrogen (secondary N) is 5. The van der Waals surface area contributed by atoms with E-state index >= 15 is 0 Å². The number of carbonyl (C=O) groups excluding carboxylic acids is 6. The second-order valence-electron chi connectivity index (χ2n) is 9.56. The van der Waals surface area contributed by atoms with Gasteiger partial charge in [-0.05, 0) is 6.42 Å². The van der Waals surface area contributed by atoms with Gasteiger partial charge in [0.05, 0.1) is 18.9 Å². The zero-order valence-corrected chi connectivity index (χ0v) is 24.1. The molecule has 0 aromatic rings. The number of carboxylic acid groups (broad SMARTS) is 2. The highest BCUT2D eigenvalue weighted by atomic mass is 19.4. The van der Waals surface area contributed by atoms with Crippen LogP contribution >= 0.6 is 0 Å². The molecule has 25 heteroatoms. The number of hydrogen-bond donors (Lipinski definition) is 11. The Balaban J connectivity index is 4.84. The van der Waals surface area contributed by atoms with Crippen LogP contribution in [0.2, 0.25) is 0 Å². The Hall–Kier alpha value is -4.62. The van der Waals surface area contributed by atoms with Crippen LogP contribution < -0.4 is 26.6 Å². The predicted molar refractivity (Wildman–Crippen MR) is 138 cm³/mol. The van der Waals surface area contributed by atoms with Crippen molar-refractivity contribution in [3.05, 3.63) is 0 Å². The SMILES string of the molecule is O=C(O)CC(NC(=O)C(F)(F)F)C(=O)CCCNC(=O)[C@H](O)[C@@H](O)[C@@H](O)[C@H](O)C(=O)NCCNC(=O)C(CC(=O)O)NC(=O)C(F)(F)F. The number of Topliss-reactive ketones (excluding diaryl/α,β-unsaturated/α-hetero) is 1. The molecule has 11 N–H and O–H groups in total. The summed E-state index contributed by atoms with van der Waals surface area (Å²) in [5, 5.41) is 65.3. The summed E-state index contributed by atoms with van der Waals surface area (Å²) in [4.78, 5) is 91.8. The lowest BCUT2D eigenvalue weighted by molar-refractivity contribution is -0.175. The summed E-state index contributed by atoms with van der Waals surface area (Å²) in [7, 11) is 0. The van der Waals surface area contributed by atoms with E-state index in [-0.39, 0.29) is 6.42 Å². The predicted octanol–water partition coefficient (Wildman–Crippen LogP) is -4.83. The van der Waals surface area contributed by atoms with Crippen molar-refractivity contribution in [1.29, 1.82) is 0 Å². The summed E-state index contributed by atoms with van der Waals surface area (Å²) in [5.74, 6) is -14.2. The number of aliphatic hydroxyl groups is 4. The molecule has 0 aliphatic heterocycles. The number of aliphatic hydroxyl groups excluding tert-OH is 4. The molecule has 0 saturated heterocycles. The van der Waals surface area contributed by atoms with E-state index in [1.807, 2.05) is 16.0 Å². The number of rotatable bonds is 20. The summed E-state index contributed by atoms with van der Waals surface area (Å²) in [6.07, 6.45) is -24.6. The van der Waals surface area contributed by atoms with Crippen molar-refractivity contribution in [2.24, 2.45) is 0 Å². The van der Waals surface area contributed by atoms with Crippen LogP contribution in [0.5, 0.6) is 0 Å². The monoisotopic (exact) mass is 715 g/mol. The normalized spacial score (nSPS) is 15.4. The fourth-order valence-corrected chi connectivity index (χ4v) is 3.32. The summed E-state index contributed by atoms with van der Waals surface area (Å²) in [6.45, 7) is -1.79. The minimum atomic E-state index is -5.44. The summed E-state index contributed by atoms with van der Waals surface area (Å²) in [6, 6.07) is -4.25. The second-order valence-corrected chi connectivity index (χ2v) is 9.56. The van der Waals surface area contributed by atoms with Gasteiger partial charge in [0.25, 0.3) is 11.8 Å². The van der Waals surface area contributed by atoms with E-state index in [4.69, 9.17) is 10.2 Å². The average molecular weight is 716 g/mol. The number of ketones is 1. The van der Waals surface area contributed by atoms with Gasteiger partial charge in [0, 0.05) is 26.1 Å². The molecule has 6 atom stereocenters. The van der Waals surface area contributed by atoms with Crippen LogP contribution in [0.4, 0.5) is 26.3 Å².